The second-order valence-electron chi connectivity index (χ2n) is 5.17. The first-order chi connectivity index (χ1) is 11.3. The fraction of sp³-hybridized carbons (Fsp3) is 0.118. The molecule has 0 aliphatic rings. The van der Waals surface area contributed by atoms with E-state index in [2.05, 4.69) is 21.2 Å². The lowest BCUT2D eigenvalue weighted by Gasteiger charge is -2.13. The van der Waals surface area contributed by atoms with Crippen LogP contribution in [0.5, 0.6) is 0 Å². The third kappa shape index (κ3) is 3.46. The maximum Gasteiger partial charge on any atom is 0.418 e. The zero-order valence-corrected chi connectivity index (χ0v) is 13.7. The summed E-state index contributed by atoms with van der Waals surface area (Å²) in [6, 6.07) is 10.2. The van der Waals surface area contributed by atoms with Gasteiger partial charge in [-0.25, -0.2) is 0 Å². The van der Waals surface area contributed by atoms with E-state index in [0.717, 1.165) is 15.9 Å². The molecule has 1 heterocycles. The van der Waals surface area contributed by atoms with Crippen molar-refractivity contribution in [2.24, 2.45) is 0 Å². The predicted molar refractivity (Wildman–Crippen MR) is 87.7 cm³/mol. The number of fused-ring (bicyclic) bond motifs is 1. The van der Waals surface area contributed by atoms with Gasteiger partial charge < -0.3 is 9.73 Å². The molecule has 0 radical (unpaired) electrons. The Bertz CT molecular complexity index is 902. The minimum atomic E-state index is -4.53. The Morgan fingerprint density at radius 1 is 1.17 bits per heavy atom. The lowest BCUT2D eigenvalue weighted by atomic mass is 10.1. The van der Waals surface area contributed by atoms with Gasteiger partial charge in [0.25, 0.3) is 0 Å². The topological polar surface area (TPSA) is 42.2 Å². The average molecular weight is 398 g/mol. The Labute approximate surface area is 143 Å². The molecule has 0 unspecified atom stereocenters. The highest BCUT2D eigenvalue weighted by atomic mass is 79.9. The third-order valence-corrected chi connectivity index (χ3v) is 3.97. The first-order valence-corrected chi connectivity index (χ1v) is 7.75. The fourth-order valence-electron chi connectivity index (χ4n) is 2.40. The third-order valence-electron chi connectivity index (χ3n) is 3.47. The van der Waals surface area contributed by atoms with Crippen molar-refractivity contribution in [3.8, 4) is 0 Å². The first-order valence-electron chi connectivity index (χ1n) is 6.96. The van der Waals surface area contributed by atoms with Gasteiger partial charge in [-0.3, -0.25) is 4.79 Å². The Morgan fingerprint density at radius 2 is 1.92 bits per heavy atom. The largest absolute Gasteiger partial charge is 0.464 e. The summed E-state index contributed by atoms with van der Waals surface area (Å²) in [5.41, 5.74) is 0.0760. The van der Waals surface area contributed by atoms with Gasteiger partial charge in [-0.15, -0.1) is 0 Å². The van der Waals surface area contributed by atoms with Gasteiger partial charge in [0, 0.05) is 15.4 Å². The van der Waals surface area contributed by atoms with E-state index in [1.165, 1.54) is 24.5 Å². The van der Waals surface area contributed by atoms with Crippen molar-refractivity contribution in [2.75, 3.05) is 5.32 Å². The number of nitrogens with one attached hydrogen (secondary N) is 1. The number of alkyl halides is 3. The van der Waals surface area contributed by atoms with Crippen molar-refractivity contribution in [3.63, 3.8) is 0 Å². The van der Waals surface area contributed by atoms with E-state index in [0.29, 0.717) is 11.1 Å². The molecule has 0 saturated carbocycles. The Kier molecular flexibility index (Phi) is 4.36. The van der Waals surface area contributed by atoms with Crippen LogP contribution in [0.1, 0.15) is 11.1 Å². The van der Waals surface area contributed by atoms with Crippen molar-refractivity contribution in [1.29, 1.82) is 0 Å². The molecule has 3 aromatic rings. The van der Waals surface area contributed by atoms with Crippen molar-refractivity contribution in [2.45, 2.75) is 12.6 Å². The highest BCUT2D eigenvalue weighted by Gasteiger charge is 2.33. The highest BCUT2D eigenvalue weighted by molar-refractivity contribution is 9.10. The molecular weight excluding hydrogens is 387 g/mol. The van der Waals surface area contributed by atoms with Crippen molar-refractivity contribution >= 4 is 38.5 Å². The van der Waals surface area contributed by atoms with Crippen LogP contribution in [-0.4, -0.2) is 5.91 Å². The summed E-state index contributed by atoms with van der Waals surface area (Å²) in [6.07, 6.45) is -3.18. The Hall–Kier alpha value is -2.28. The van der Waals surface area contributed by atoms with E-state index < -0.39 is 17.6 Å². The molecule has 0 fully saturated rings. The molecule has 7 heteroatoms. The SMILES string of the molecule is O=C(Cc1coc2ccc(Br)cc12)Nc1ccccc1C(F)(F)F. The standard InChI is InChI=1S/C17H11BrF3NO2/c18-11-5-6-15-12(8-11)10(9-24-15)7-16(23)22-14-4-2-1-3-13(14)17(19,20)21/h1-6,8-9H,7H2,(H,22,23). The van der Waals surface area contributed by atoms with Crippen LogP contribution >= 0.6 is 15.9 Å². The average Bonchev–Trinajstić information content (AvgIpc) is 2.89. The van der Waals surface area contributed by atoms with E-state index >= 15 is 0 Å². The van der Waals surface area contributed by atoms with Gasteiger partial charge in [-0.1, -0.05) is 28.1 Å². The van der Waals surface area contributed by atoms with E-state index in [1.807, 2.05) is 0 Å². The molecule has 3 rings (SSSR count). The molecule has 1 amide bonds. The molecule has 0 aliphatic carbocycles. The molecule has 0 aliphatic heterocycles. The lowest BCUT2D eigenvalue weighted by molar-refractivity contribution is -0.137. The van der Waals surface area contributed by atoms with Gasteiger partial charge in [0.2, 0.25) is 5.91 Å². The summed E-state index contributed by atoms with van der Waals surface area (Å²) in [6.45, 7) is 0. The van der Waals surface area contributed by atoms with Crippen molar-refractivity contribution < 1.29 is 22.4 Å². The van der Waals surface area contributed by atoms with E-state index in [4.69, 9.17) is 4.42 Å². The minimum absolute atomic E-state index is 0.0877. The zero-order valence-electron chi connectivity index (χ0n) is 12.2. The minimum Gasteiger partial charge on any atom is -0.464 e. The van der Waals surface area contributed by atoms with Crippen LogP contribution in [0.25, 0.3) is 11.0 Å². The van der Waals surface area contributed by atoms with Crippen LogP contribution in [0.3, 0.4) is 0 Å². The second kappa shape index (κ2) is 6.32. The zero-order chi connectivity index (χ0) is 17.3. The normalized spacial score (nSPS) is 11.7. The number of carbonyl (C=O) groups excluding carboxylic acids is 1. The Balaban J connectivity index is 1.82. The summed E-state index contributed by atoms with van der Waals surface area (Å²) >= 11 is 3.34. The molecule has 2 aromatic carbocycles. The molecule has 3 nitrogen and oxygen atoms in total. The summed E-state index contributed by atoms with van der Waals surface area (Å²) < 4.78 is 45.0. The van der Waals surface area contributed by atoms with E-state index in [1.54, 1.807) is 18.2 Å². The molecule has 124 valence electrons. The van der Waals surface area contributed by atoms with Crippen LogP contribution in [0.2, 0.25) is 0 Å². The van der Waals surface area contributed by atoms with Gasteiger partial charge in [0.05, 0.1) is 23.9 Å². The molecule has 0 bridgehead atoms. The predicted octanol–water partition coefficient (Wildman–Crippen LogP) is 5.40. The number of anilines is 1. The summed E-state index contributed by atoms with van der Waals surface area (Å²) in [5, 5.41) is 3.06. The van der Waals surface area contributed by atoms with E-state index in [9.17, 15) is 18.0 Å². The molecule has 0 atom stereocenters. The second-order valence-corrected chi connectivity index (χ2v) is 6.09. The van der Waals surface area contributed by atoms with Gasteiger partial charge in [-0.05, 0) is 30.3 Å². The number of hydrogen-bond donors (Lipinski definition) is 1. The number of carbonyl (C=O) groups is 1. The summed E-state index contributed by atoms with van der Waals surface area (Å²) in [5.74, 6) is -0.547. The van der Waals surface area contributed by atoms with Crippen LogP contribution in [-0.2, 0) is 17.4 Å². The maximum absolute atomic E-state index is 13.0. The molecule has 24 heavy (non-hydrogen) atoms. The van der Waals surface area contributed by atoms with Gasteiger partial charge in [0.15, 0.2) is 0 Å². The number of furan rings is 1. The molecule has 1 N–H and O–H groups in total. The summed E-state index contributed by atoms with van der Waals surface area (Å²) in [4.78, 5) is 12.2. The van der Waals surface area contributed by atoms with Gasteiger partial charge in [-0.2, -0.15) is 13.2 Å². The highest BCUT2D eigenvalue weighted by Crippen LogP contribution is 2.34. The van der Waals surface area contributed by atoms with Crippen molar-refractivity contribution in [1.82, 2.24) is 0 Å². The molecule has 1 aromatic heterocycles. The van der Waals surface area contributed by atoms with Gasteiger partial charge in [0.1, 0.15) is 5.58 Å². The van der Waals surface area contributed by atoms with Gasteiger partial charge >= 0.3 is 6.18 Å². The van der Waals surface area contributed by atoms with Crippen LogP contribution in [0.4, 0.5) is 18.9 Å². The van der Waals surface area contributed by atoms with Crippen molar-refractivity contribution in [3.05, 3.63) is 64.3 Å². The molecule has 0 saturated heterocycles. The fourth-order valence-corrected chi connectivity index (χ4v) is 2.76. The number of rotatable bonds is 3. The molecular formula is C17H11BrF3NO2. The molecule has 0 spiro atoms. The monoisotopic (exact) mass is 397 g/mol. The van der Waals surface area contributed by atoms with E-state index in [-0.39, 0.29) is 12.1 Å². The number of para-hydroxylation sites is 1. The smallest absolute Gasteiger partial charge is 0.418 e. The first kappa shape index (κ1) is 16.6. The lowest BCUT2D eigenvalue weighted by Crippen LogP contribution is -2.18. The maximum atomic E-state index is 13.0. The number of halogens is 4. The number of hydrogen-bond acceptors (Lipinski definition) is 2. The van der Waals surface area contributed by atoms with Crippen LogP contribution in [0, 0.1) is 0 Å². The summed E-state index contributed by atoms with van der Waals surface area (Å²) in [7, 11) is 0. The number of benzene rings is 2. The van der Waals surface area contributed by atoms with Crippen LogP contribution < -0.4 is 5.32 Å². The number of amides is 1. The quantitative estimate of drug-likeness (QED) is 0.643. The Morgan fingerprint density at radius 3 is 2.67 bits per heavy atom. The van der Waals surface area contributed by atoms with Crippen LogP contribution in [0.15, 0.2) is 57.6 Å².